The highest BCUT2D eigenvalue weighted by atomic mass is 19.4. The summed E-state index contributed by atoms with van der Waals surface area (Å²) >= 11 is 0. The number of aromatic nitrogens is 3. The number of hydrogen-bond donors (Lipinski definition) is 0. The molecule has 0 aromatic carbocycles. The normalized spacial score (nSPS) is 13.1. The van der Waals surface area contributed by atoms with E-state index in [4.69, 9.17) is 0 Å². The van der Waals surface area contributed by atoms with Crippen molar-refractivity contribution in [3.63, 3.8) is 0 Å². The Morgan fingerprint density at radius 2 is 1.86 bits per heavy atom. The van der Waals surface area contributed by atoms with Gasteiger partial charge < -0.3 is 0 Å². The lowest BCUT2D eigenvalue weighted by Gasteiger charge is -2.19. The van der Waals surface area contributed by atoms with E-state index in [1.807, 2.05) is 0 Å². The van der Waals surface area contributed by atoms with Crippen LogP contribution in [0.3, 0.4) is 0 Å². The summed E-state index contributed by atoms with van der Waals surface area (Å²) < 4.78 is 76.3. The van der Waals surface area contributed by atoms with Gasteiger partial charge in [-0.1, -0.05) is 6.92 Å². The molecule has 0 N–H and O–H groups in total. The van der Waals surface area contributed by atoms with E-state index >= 15 is 0 Å². The van der Waals surface area contributed by atoms with Gasteiger partial charge in [0.1, 0.15) is 5.82 Å². The van der Waals surface area contributed by atoms with E-state index in [0.29, 0.717) is 17.5 Å². The number of nitrogens with zero attached hydrogens (tertiary/aromatic N) is 3. The molecular formula is C12H11F6N3. The zero-order valence-corrected chi connectivity index (χ0v) is 10.9. The van der Waals surface area contributed by atoms with Gasteiger partial charge in [-0.25, -0.2) is 14.1 Å². The molecule has 0 aliphatic rings. The maximum Gasteiger partial charge on any atom is 0.453 e. The molecule has 0 unspecified atom stereocenters. The minimum atomic E-state index is -5.61. The molecule has 2 heterocycles. The van der Waals surface area contributed by atoms with E-state index in [-0.39, 0.29) is 5.65 Å². The standard InChI is InChI=1S/C12H11F6N3/c1-2-9-8-5-7(13)6-19-10(8)21(20-9)4-3-11(14,15)12(16,17)18/h5-6H,2-4H2,1H3. The molecule has 0 fully saturated rings. The van der Waals surface area contributed by atoms with E-state index in [1.54, 1.807) is 6.92 Å². The summed E-state index contributed by atoms with van der Waals surface area (Å²) in [5.41, 5.74) is 0.485. The number of alkyl halides is 5. The zero-order valence-electron chi connectivity index (χ0n) is 10.9. The Balaban J connectivity index is 2.31. The molecule has 2 aromatic rings. The molecule has 9 heteroatoms. The van der Waals surface area contributed by atoms with Crippen LogP contribution in [-0.4, -0.2) is 26.9 Å². The third-order valence-corrected chi connectivity index (χ3v) is 3.02. The van der Waals surface area contributed by atoms with Crippen LogP contribution in [0.15, 0.2) is 12.3 Å². The molecule has 0 saturated carbocycles. The van der Waals surface area contributed by atoms with Crippen molar-refractivity contribution in [2.24, 2.45) is 0 Å². The first kappa shape index (κ1) is 15.6. The van der Waals surface area contributed by atoms with Gasteiger partial charge in [-0.15, -0.1) is 0 Å². The van der Waals surface area contributed by atoms with Crippen LogP contribution in [0.2, 0.25) is 0 Å². The Hall–Kier alpha value is -1.80. The van der Waals surface area contributed by atoms with Crippen molar-refractivity contribution in [1.82, 2.24) is 14.8 Å². The van der Waals surface area contributed by atoms with E-state index < -0.39 is 30.9 Å². The Bertz CT molecular complexity index is 646. The predicted octanol–water partition coefficient (Wildman–Crippen LogP) is 3.72. The van der Waals surface area contributed by atoms with Gasteiger partial charge in [0, 0.05) is 18.4 Å². The summed E-state index contributed by atoms with van der Waals surface area (Å²) in [6, 6.07) is 1.13. The number of pyridine rings is 1. The fraction of sp³-hybridized carbons (Fsp3) is 0.500. The van der Waals surface area contributed by atoms with E-state index in [2.05, 4.69) is 10.1 Å². The average Bonchev–Trinajstić information content (AvgIpc) is 2.72. The van der Waals surface area contributed by atoms with Gasteiger partial charge in [0.25, 0.3) is 0 Å². The highest BCUT2D eigenvalue weighted by molar-refractivity contribution is 5.78. The number of hydrogen-bond acceptors (Lipinski definition) is 2. The fourth-order valence-electron chi connectivity index (χ4n) is 1.90. The Kier molecular flexibility index (Phi) is 3.85. The van der Waals surface area contributed by atoms with Gasteiger partial charge in [-0.3, -0.25) is 0 Å². The van der Waals surface area contributed by atoms with Crippen molar-refractivity contribution < 1.29 is 26.3 Å². The Morgan fingerprint density at radius 3 is 2.43 bits per heavy atom. The second-order valence-corrected chi connectivity index (χ2v) is 4.50. The topological polar surface area (TPSA) is 30.7 Å². The quantitative estimate of drug-likeness (QED) is 0.806. The van der Waals surface area contributed by atoms with E-state index in [9.17, 15) is 26.3 Å². The third-order valence-electron chi connectivity index (χ3n) is 3.02. The maximum absolute atomic E-state index is 13.1. The van der Waals surface area contributed by atoms with Gasteiger partial charge in [0.2, 0.25) is 0 Å². The van der Waals surface area contributed by atoms with Crippen LogP contribution in [-0.2, 0) is 13.0 Å². The molecule has 0 bridgehead atoms. The molecule has 0 aliphatic carbocycles. The molecule has 3 nitrogen and oxygen atoms in total. The molecule has 0 spiro atoms. The second kappa shape index (κ2) is 5.19. The maximum atomic E-state index is 13.1. The lowest BCUT2D eigenvalue weighted by atomic mass is 10.2. The van der Waals surface area contributed by atoms with Crippen LogP contribution >= 0.6 is 0 Å². The number of rotatable bonds is 4. The van der Waals surface area contributed by atoms with Crippen molar-refractivity contribution in [2.75, 3.05) is 0 Å². The first-order valence-corrected chi connectivity index (χ1v) is 6.11. The van der Waals surface area contributed by atoms with Crippen molar-refractivity contribution in [1.29, 1.82) is 0 Å². The van der Waals surface area contributed by atoms with Crippen molar-refractivity contribution >= 4 is 11.0 Å². The SMILES string of the molecule is CCc1nn(CCC(F)(F)C(F)(F)F)c2ncc(F)cc12. The van der Waals surface area contributed by atoms with E-state index in [1.165, 1.54) is 0 Å². The lowest BCUT2D eigenvalue weighted by molar-refractivity contribution is -0.285. The van der Waals surface area contributed by atoms with Crippen LogP contribution in [0, 0.1) is 5.82 Å². The zero-order chi connectivity index (χ0) is 15.8. The third kappa shape index (κ3) is 2.96. The Morgan fingerprint density at radius 1 is 1.19 bits per heavy atom. The molecule has 0 radical (unpaired) electrons. The summed E-state index contributed by atoms with van der Waals surface area (Å²) in [6.07, 6.45) is -5.81. The largest absolute Gasteiger partial charge is 0.453 e. The van der Waals surface area contributed by atoms with Crippen LogP contribution in [0.5, 0.6) is 0 Å². The van der Waals surface area contributed by atoms with Crippen LogP contribution < -0.4 is 0 Å². The van der Waals surface area contributed by atoms with Gasteiger partial charge >= 0.3 is 12.1 Å². The smallest absolute Gasteiger partial charge is 0.247 e. The molecule has 0 aliphatic heterocycles. The molecule has 2 rings (SSSR count). The van der Waals surface area contributed by atoms with Gasteiger partial charge in [0.15, 0.2) is 5.65 Å². The number of halogens is 6. The van der Waals surface area contributed by atoms with Gasteiger partial charge in [0.05, 0.1) is 11.9 Å². The molecule has 2 aromatic heterocycles. The van der Waals surface area contributed by atoms with Crippen molar-refractivity contribution in [3.05, 3.63) is 23.8 Å². The lowest BCUT2D eigenvalue weighted by Crippen LogP contribution is -2.37. The summed E-state index contributed by atoms with van der Waals surface area (Å²) in [6.45, 7) is 1.04. The molecule has 116 valence electrons. The summed E-state index contributed by atoms with van der Waals surface area (Å²) in [7, 11) is 0. The predicted molar refractivity (Wildman–Crippen MR) is 62.5 cm³/mol. The first-order chi connectivity index (χ1) is 9.65. The Labute approximate surface area is 115 Å². The van der Waals surface area contributed by atoms with Gasteiger partial charge in [-0.05, 0) is 12.5 Å². The van der Waals surface area contributed by atoms with Crippen LogP contribution in [0.25, 0.3) is 11.0 Å². The van der Waals surface area contributed by atoms with Crippen LogP contribution in [0.4, 0.5) is 26.3 Å². The molecule has 0 atom stereocenters. The monoisotopic (exact) mass is 311 g/mol. The number of aryl methyl sites for hydroxylation is 2. The number of fused-ring (bicyclic) bond motifs is 1. The molecule has 21 heavy (non-hydrogen) atoms. The summed E-state index contributed by atoms with van der Waals surface area (Å²) in [4.78, 5) is 3.71. The summed E-state index contributed by atoms with van der Waals surface area (Å²) in [5.74, 6) is -5.44. The second-order valence-electron chi connectivity index (χ2n) is 4.50. The van der Waals surface area contributed by atoms with Crippen molar-refractivity contribution in [2.45, 2.75) is 38.4 Å². The van der Waals surface area contributed by atoms with Gasteiger partial charge in [-0.2, -0.15) is 27.1 Å². The first-order valence-electron chi connectivity index (χ1n) is 6.11. The molecular weight excluding hydrogens is 300 g/mol. The highest BCUT2D eigenvalue weighted by Gasteiger charge is 2.56. The van der Waals surface area contributed by atoms with E-state index in [0.717, 1.165) is 16.9 Å². The van der Waals surface area contributed by atoms with Crippen molar-refractivity contribution in [3.8, 4) is 0 Å². The minimum absolute atomic E-state index is 0.0891. The highest BCUT2D eigenvalue weighted by Crippen LogP contribution is 2.38. The molecule has 0 saturated heterocycles. The molecule has 0 amide bonds. The van der Waals surface area contributed by atoms with Crippen LogP contribution in [0.1, 0.15) is 19.0 Å². The minimum Gasteiger partial charge on any atom is -0.247 e. The summed E-state index contributed by atoms with van der Waals surface area (Å²) in [5, 5.41) is 4.23. The average molecular weight is 311 g/mol. The fourth-order valence-corrected chi connectivity index (χ4v) is 1.90.